The standard InChI is InChI=1S/C20H20N2O6/c1-3-27-19(25)16-11(2)21-20(26)22-15(16)10-28-18(24)14-9-8-12-6-4-5-7-13(12)17(14)23/h4-9,11,23H,3,10H2,1-2H3,(H2,21,22,26)/t11-/m1/s1. The second-order valence-electron chi connectivity index (χ2n) is 6.19. The van der Waals surface area contributed by atoms with Crippen molar-refractivity contribution in [2.75, 3.05) is 13.2 Å². The van der Waals surface area contributed by atoms with Crippen molar-refractivity contribution in [3.63, 3.8) is 0 Å². The van der Waals surface area contributed by atoms with Crippen molar-refractivity contribution >= 4 is 28.7 Å². The van der Waals surface area contributed by atoms with E-state index in [4.69, 9.17) is 9.47 Å². The van der Waals surface area contributed by atoms with Crippen LogP contribution in [0.25, 0.3) is 10.8 Å². The van der Waals surface area contributed by atoms with E-state index in [2.05, 4.69) is 10.6 Å². The number of phenolic OH excluding ortho intramolecular Hbond substituents is 1. The highest BCUT2D eigenvalue weighted by Gasteiger charge is 2.30. The summed E-state index contributed by atoms with van der Waals surface area (Å²) >= 11 is 0. The first-order valence-electron chi connectivity index (χ1n) is 8.77. The SMILES string of the molecule is CCOC(=O)C1=C(COC(=O)c2ccc3ccccc3c2O)NC(=O)N[C@@H]1C. The average Bonchev–Trinajstić information content (AvgIpc) is 2.66. The fourth-order valence-corrected chi connectivity index (χ4v) is 3.03. The molecule has 0 unspecified atom stereocenters. The van der Waals surface area contributed by atoms with Crippen molar-refractivity contribution in [2.45, 2.75) is 19.9 Å². The first-order chi connectivity index (χ1) is 13.4. The van der Waals surface area contributed by atoms with Crippen molar-refractivity contribution in [1.82, 2.24) is 10.6 Å². The summed E-state index contributed by atoms with van der Waals surface area (Å²) in [6, 6.07) is 9.12. The van der Waals surface area contributed by atoms with E-state index in [1.165, 1.54) is 6.07 Å². The van der Waals surface area contributed by atoms with Crippen LogP contribution in [-0.4, -0.2) is 42.3 Å². The summed E-state index contributed by atoms with van der Waals surface area (Å²) in [7, 11) is 0. The molecule has 1 aliphatic rings. The van der Waals surface area contributed by atoms with Gasteiger partial charge in [0.05, 0.1) is 23.9 Å². The number of fused-ring (bicyclic) bond motifs is 1. The van der Waals surface area contributed by atoms with Crippen LogP contribution in [0.3, 0.4) is 0 Å². The molecule has 0 saturated heterocycles. The van der Waals surface area contributed by atoms with Crippen LogP contribution in [0.15, 0.2) is 47.7 Å². The Kier molecular flexibility index (Phi) is 5.49. The molecule has 1 atom stereocenters. The molecule has 2 aromatic carbocycles. The number of hydrogen-bond donors (Lipinski definition) is 3. The predicted octanol–water partition coefficient (Wildman–Crippen LogP) is 2.22. The van der Waals surface area contributed by atoms with Crippen molar-refractivity contribution in [3.05, 3.63) is 53.2 Å². The molecule has 1 heterocycles. The van der Waals surface area contributed by atoms with E-state index in [1.807, 2.05) is 12.1 Å². The molecule has 0 aromatic heterocycles. The summed E-state index contributed by atoms with van der Waals surface area (Å²) in [6.45, 7) is 3.11. The second kappa shape index (κ2) is 7.99. The fourth-order valence-electron chi connectivity index (χ4n) is 3.03. The molecule has 3 rings (SSSR count). The van der Waals surface area contributed by atoms with Crippen molar-refractivity contribution in [2.24, 2.45) is 0 Å². The highest BCUT2D eigenvalue weighted by atomic mass is 16.5. The molecule has 146 valence electrons. The van der Waals surface area contributed by atoms with Gasteiger partial charge in [-0.1, -0.05) is 30.3 Å². The number of nitrogens with one attached hydrogen (secondary N) is 2. The lowest BCUT2D eigenvalue weighted by Gasteiger charge is -2.26. The number of aromatic hydroxyl groups is 1. The van der Waals surface area contributed by atoms with Gasteiger partial charge in [-0.05, 0) is 25.3 Å². The van der Waals surface area contributed by atoms with E-state index in [0.29, 0.717) is 5.39 Å². The lowest BCUT2D eigenvalue weighted by Crippen LogP contribution is -2.50. The molecule has 0 fully saturated rings. The minimum atomic E-state index is -0.778. The van der Waals surface area contributed by atoms with Crippen LogP contribution in [0.1, 0.15) is 24.2 Å². The zero-order valence-corrected chi connectivity index (χ0v) is 15.4. The number of urea groups is 1. The molecule has 8 nitrogen and oxygen atoms in total. The summed E-state index contributed by atoms with van der Waals surface area (Å²) in [5.41, 5.74) is 0.311. The molecule has 0 saturated carbocycles. The summed E-state index contributed by atoms with van der Waals surface area (Å²) in [5, 5.41) is 16.7. The van der Waals surface area contributed by atoms with Crippen LogP contribution in [0.2, 0.25) is 0 Å². The van der Waals surface area contributed by atoms with Gasteiger partial charge in [-0.2, -0.15) is 0 Å². The highest BCUT2D eigenvalue weighted by Crippen LogP contribution is 2.29. The Hall–Kier alpha value is -3.55. The third-order valence-electron chi connectivity index (χ3n) is 4.33. The molecule has 1 aliphatic heterocycles. The van der Waals surface area contributed by atoms with Crippen LogP contribution >= 0.6 is 0 Å². The second-order valence-corrected chi connectivity index (χ2v) is 6.19. The number of amides is 2. The van der Waals surface area contributed by atoms with E-state index < -0.39 is 24.0 Å². The maximum atomic E-state index is 12.5. The van der Waals surface area contributed by atoms with Crippen LogP contribution in [-0.2, 0) is 14.3 Å². The number of carbonyl (C=O) groups excluding carboxylic acids is 3. The average molecular weight is 384 g/mol. The Morgan fingerprint density at radius 2 is 1.86 bits per heavy atom. The normalized spacial score (nSPS) is 16.4. The summed E-state index contributed by atoms with van der Waals surface area (Å²) in [4.78, 5) is 36.4. The number of phenols is 1. The monoisotopic (exact) mass is 384 g/mol. The van der Waals surface area contributed by atoms with Gasteiger partial charge in [0, 0.05) is 5.39 Å². The lowest BCUT2D eigenvalue weighted by atomic mass is 10.0. The van der Waals surface area contributed by atoms with Crippen LogP contribution in [0, 0.1) is 0 Å². The molecular formula is C20H20N2O6. The zero-order valence-electron chi connectivity index (χ0n) is 15.4. The predicted molar refractivity (Wildman–Crippen MR) is 101 cm³/mol. The molecular weight excluding hydrogens is 364 g/mol. The zero-order chi connectivity index (χ0) is 20.3. The Bertz CT molecular complexity index is 982. The molecule has 2 aromatic rings. The van der Waals surface area contributed by atoms with E-state index in [0.717, 1.165) is 5.39 Å². The number of benzene rings is 2. The van der Waals surface area contributed by atoms with Gasteiger partial charge < -0.3 is 25.2 Å². The molecule has 0 bridgehead atoms. The molecule has 3 N–H and O–H groups in total. The third kappa shape index (κ3) is 3.75. The number of hydrogen-bond acceptors (Lipinski definition) is 6. The van der Waals surface area contributed by atoms with Crippen LogP contribution < -0.4 is 10.6 Å². The van der Waals surface area contributed by atoms with Gasteiger partial charge in [-0.3, -0.25) is 0 Å². The molecule has 0 aliphatic carbocycles. The number of rotatable bonds is 5. The molecule has 8 heteroatoms. The van der Waals surface area contributed by atoms with E-state index >= 15 is 0 Å². The van der Waals surface area contributed by atoms with Crippen molar-refractivity contribution < 1.29 is 29.0 Å². The van der Waals surface area contributed by atoms with Crippen molar-refractivity contribution in [3.8, 4) is 5.75 Å². The van der Waals surface area contributed by atoms with Gasteiger partial charge in [-0.25, -0.2) is 14.4 Å². The Balaban J connectivity index is 1.84. The Morgan fingerprint density at radius 3 is 2.61 bits per heavy atom. The van der Waals surface area contributed by atoms with E-state index in [9.17, 15) is 19.5 Å². The lowest BCUT2D eigenvalue weighted by molar-refractivity contribution is -0.139. The van der Waals surface area contributed by atoms with Crippen LogP contribution in [0.4, 0.5) is 4.79 Å². The van der Waals surface area contributed by atoms with Gasteiger partial charge in [-0.15, -0.1) is 0 Å². The van der Waals surface area contributed by atoms with Crippen LogP contribution in [0.5, 0.6) is 5.75 Å². The highest BCUT2D eigenvalue weighted by molar-refractivity contribution is 6.01. The first-order valence-corrected chi connectivity index (χ1v) is 8.77. The van der Waals surface area contributed by atoms with Gasteiger partial charge >= 0.3 is 18.0 Å². The third-order valence-corrected chi connectivity index (χ3v) is 4.33. The van der Waals surface area contributed by atoms with E-state index in [1.54, 1.807) is 32.0 Å². The summed E-state index contributed by atoms with van der Waals surface area (Å²) in [6.07, 6.45) is 0. The van der Waals surface area contributed by atoms with Crippen molar-refractivity contribution in [1.29, 1.82) is 0 Å². The number of esters is 2. The van der Waals surface area contributed by atoms with Gasteiger partial charge in [0.25, 0.3) is 0 Å². The topological polar surface area (TPSA) is 114 Å². The maximum Gasteiger partial charge on any atom is 0.342 e. The Labute approximate surface area is 161 Å². The molecule has 0 spiro atoms. The van der Waals surface area contributed by atoms with E-state index in [-0.39, 0.29) is 35.8 Å². The summed E-state index contributed by atoms with van der Waals surface area (Å²) < 4.78 is 10.3. The number of ether oxygens (including phenoxy) is 2. The molecule has 2 amide bonds. The minimum Gasteiger partial charge on any atom is -0.506 e. The van der Waals surface area contributed by atoms with Gasteiger partial charge in [0.1, 0.15) is 17.9 Å². The fraction of sp³-hybridized carbons (Fsp3) is 0.250. The van der Waals surface area contributed by atoms with Gasteiger partial charge in [0.15, 0.2) is 0 Å². The first kappa shape index (κ1) is 19.2. The minimum absolute atomic E-state index is 0.00899. The molecule has 28 heavy (non-hydrogen) atoms. The quantitative estimate of drug-likeness (QED) is 0.681. The summed E-state index contributed by atoms with van der Waals surface area (Å²) in [5.74, 6) is -1.58. The molecule has 0 radical (unpaired) electrons. The smallest absolute Gasteiger partial charge is 0.342 e. The Morgan fingerprint density at radius 1 is 1.11 bits per heavy atom. The van der Waals surface area contributed by atoms with Gasteiger partial charge in [0.2, 0.25) is 0 Å². The number of carbonyl (C=O) groups is 3. The largest absolute Gasteiger partial charge is 0.506 e. The maximum absolute atomic E-state index is 12.5.